The van der Waals surface area contributed by atoms with E-state index in [4.69, 9.17) is 5.11 Å². The van der Waals surface area contributed by atoms with E-state index in [2.05, 4.69) is 10.4 Å². The van der Waals surface area contributed by atoms with Crippen LogP contribution in [0.25, 0.3) is 0 Å². The van der Waals surface area contributed by atoms with Gasteiger partial charge in [0, 0.05) is 5.69 Å². The topological polar surface area (TPSA) is 82.0 Å². The van der Waals surface area contributed by atoms with E-state index >= 15 is 0 Å². The lowest BCUT2D eigenvalue weighted by molar-refractivity contribution is -0.128. The highest BCUT2D eigenvalue weighted by atomic mass is 16.4. The van der Waals surface area contributed by atoms with Gasteiger partial charge in [-0.3, -0.25) is 9.80 Å². The van der Waals surface area contributed by atoms with Gasteiger partial charge in [-0.1, -0.05) is 36.4 Å². The Labute approximate surface area is 127 Å². The summed E-state index contributed by atoms with van der Waals surface area (Å²) in [5, 5.41) is 16.6. The van der Waals surface area contributed by atoms with Gasteiger partial charge in [0.05, 0.1) is 5.69 Å². The predicted octanol–water partition coefficient (Wildman–Crippen LogP) is 2.20. The maximum atomic E-state index is 12.1. The first-order chi connectivity index (χ1) is 10.6. The summed E-state index contributed by atoms with van der Waals surface area (Å²) >= 11 is 0. The van der Waals surface area contributed by atoms with Crippen molar-refractivity contribution >= 4 is 29.5 Å². The highest BCUT2D eigenvalue weighted by molar-refractivity contribution is 6.22. The summed E-state index contributed by atoms with van der Waals surface area (Å²) in [6.07, 6.45) is 0.753. The van der Waals surface area contributed by atoms with Crippen molar-refractivity contribution in [2.24, 2.45) is 5.10 Å². The minimum Gasteiger partial charge on any atom is -0.477 e. The lowest BCUT2D eigenvalue weighted by Crippen LogP contribution is -2.30. The first-order valence-electron chi connectivity index (χ1n) is 6.59. The van der Waals surface area contributed by atoms with Crippen LogP contribution < -0.4 is 10.3 Å². The Kier molecular flexibility index (Phi) is 5.25. The molecule has 0 radical (unpaired) electrons. The largest absolute Gasteiger partial charge is 0.477 e. The summed E-state index contributed by atoms with van der Waals surface area (Å²) in [5.41, 5.74) is 1.30. The van der Waals surface area contributed by atoms with Crippen LogP contribution in [-0.4, -0.2) is 29.7 Å². The lowest BCUT2D eigenvalue weighted by atomic mass is 10.3. The van der Waals surface area contributed by atoms with E-state index in [0.29, 0.717) is 11.4 Å². The van der Waals surface area contributed by atoms with Crippen LogP contribution in [0.2, 0.25) is 0 Å². The predicted molar refractivity (Wildman–Crippen MR) is 85.0 cm³/mol. The van der Waals surface area contributed by atoms with Gasteiger partial charge in [0.15, 0.2) is 0 Å². The number of nitrogens with one attached hydrogen (secondary N) is 1. The van der Waals surface area contributed by atoms with Gasteiger partial charge in [0.25, 0.3) is 0 Å². The molecule has 6 heteroatoms. The molecule has 112 valence electrons. The van der Waals surface area contributed by atoms with Crippen LogP contribution in [0.3, 0.4) is 0 Å². The average molecular weight is 297 g/mol. The molecule has 0 saturated heterocycles. The van der Waals surface area contributed by atoms with Crippen LogP contribution in [0.5, 0.6) is 0 Å². The van der Waals surface area contributed by atoms with Crippen LogP contribution >= 0.6 is 0 Å². The van der Waals surface area contributed by atoms with Gasteiger partial charge in [-0.25, -0.2) is 4.79 Å². The van der Waals surface area contributed by atoms with Crippen LogP contribution in [-0.2, 0) is 9.59 Å². The van der Waals surface area contributed by atoms with E-state index in [9.17, 15) is 9.59 Å². The van der Waals surface area contributed by atoms with Gasteiger partial charge in [-0.05, 0) is 24.3 Å². The van der Waals surface area contributed by atoms with E-state index in [0.717, 1.165) is 6.21 Å². The second-order valence-corrected chi connectivity index (χ2v) is 4.39. The molecular formula is C16H15N3O3. The Balaban J connectivity index is 2.09. The summed E-state index contributed by atoms with van der Waals surface area (Å²) in [6, 6.07) is 17.9. The molecule has 1 amide bonds. The maximum Gasteiger partial charge on any atom is 0.348 e. The number of carbonyl (C=O) groups excluding carboxylic acids is 1. The smallest absolute Gasteiger partial charge is 0.348 e. The molecule has 2 aromatic carbocycles. The van der Waals surface area contributed by atoms with Crippen molar-refractivity contribution in [2.45, 2.75) is 0 Å². The number of carboxylic acids is 1. The number of para-hydroxylation sites is 2. The molecule has 0 saturated carbocycles. The minimum atomic E-state index is -1.18. The van der Waals surface area contributed by atoms with Crippen molar-refractivity contribution in [1.82, 2.24) is 0 Å². The fourth-order valence-electron chi connectivity index (χ4n) is 1.78. The highest BCUT2D eigenvalue weighted by Crippen LogP contribution is 2.13. The third-order valence-electron chi connectivity index (χ3n) is 2.71. The Morgan fingerprint density at radius 2 is 1.64 bits per heavy atom. The molecule has 0 aromatic heterocycles. The monoisotopic (exact) mass is 297 g/mol. The molecule has 0 atom stereocenters. The standard InChI is InChI=1S/C16H15N3O3/c20-15(18-13-7-3-1-4-8-13)12-19(17-11-16(21)22)14-9-5-2-6-10-14/h1-11H,12H2,(H,18,20)(H,21,22). The number of amides is 1. The second kappa shape index (κ2) is 7.58. The minimum absolute atomic E-state index is 0.0946. The van der Waals surface area contributed by atoms with E-state index in [1.807, 2.05) is 24.3 Å². The molecule has 0 aliphatic heterocycles. The molecule has 22 heavy (non-hydrogen) atoms. The Hall–Kier alpha value is -3.15. The zero-order valence-corrected chi connectivity index (χ0v) is 11.7. The van der Waals surface area contributed by atoms with Gasteiger partial charge < -0.3 is 10.4 Å². The molecule has 2 rings (SSSR count). The number of hydrogen-bond acceptors (Lipinski definition) is 4. The van der Waals surface area contributed by atoms with Gasteiger partial charge in [0.2, 0.25) is 5.91 Å². The zero-order valence-electron chi connectivity index (χ0n) is 11.7. The number of hydrogen-bond donors (Lipinski definition) is 2. The highest BCUT2D eigenvalue weighted by Gasteiger charge is 2.11. The Bertz CT molecular complexity index is 657. The third-order valence-corrected chi connectivity index (χ3v) is 2.71. The fraction of sp³-hybridized carbons (Fsp3) is 0.0625. The van der Waals surface area contributed by atoms with Crippen LogP contribution in [0.4, 0.5) is 11.4 Å². The molecule has 0 bridgehead atoms. The van der Waals surface area contributed by atoms with Gasteiger partial charge >= 0.3 is 5.97 Å². The number of aliphatic carboxylic acids is 1. The molecular weight excluding hydrogens is 282 g/mol. The molecule has 0 fully saturated rings. The number of carbonyl (C=O) groups is 2. The van der Waals surface area contributed by atoms with Crippen molar-refractivity contribution in [2.75, 3.05) is 16.9 Å². The third kappa shape index (κ3) is 4.75. The van der Waals surface area contributed by atoms with E-state index in [1.165, 1.54) is 5.01 Å². The van der Waals surface area contributed by atoms with Crippen LogP contribution in [0.1, 0.15) is 0 Å². The molecule has 0 unspecified atom stereocenters. The fourth-order valence-corrected chi connectivity index (χ4v) is 1.78. The van der Waals surface area contributed by atoms with Gasteiger partial charge in [-0.15, -0.1) is 0 Å². The van der Waals surface area contributed by atoms with Crippen molar-refractivity contribution in [1.29, 1.82) is 0 Å². The molecule has 0 spiro atoms. The molecule has 2 aromatic rings. The normalized spacial score (nSPS) is 10.4. The van der Waals surface area contributed by atoms with E-state index in [1.54, 1.807) is 36.4 Å². The second-order valence-electron chi connectivity index (χ2n) is 4.39. The first kappa shape index (κ1) is 15.2. The molecule has 0 heterocycles. The number of anilines is 2. The summed E-state index contributed by atoms with van der Waals surface area (Å²) in [7, 11) is 0. The molecule has 2 N–H and O–H groups in total. The number of carboxylic acid groups (broad SMARTS) is 1. The van der Waals surface area contributed by atoms with E-state index in [-0.39, 0.29) is 12.5 Å². The van der Waals surface area contributed by atoms with Gasteiger partial charge in [0.1, 0.15) is 12.8 Å². The summed E-state index contributed by atoms with van der Waals surface area (Å²) in [5.74, 6) is -1.47. The summed E-state index contributed by atoms with van der Waals surface area (Å²) in [4.78, 5) is 22.7. The van der Waals surface area contributed by atoms with Crippen molar-refractivity contribution in [3.05, 3.63) is 60.7 Å². The van der Waals surface area contributed by atoms with Crippen LogP contribution in [0.15, 0.2) is 65.8 Å². The molecule has 0 aliphatic rings. The number of nitrogens with zero attached hydrogens (tertiary/aromatic N) is 2. The lowest BCUT2D eigenvalue weighted by Gasteiger charge is -2.18. The number of rotatable bonds is 6. The number of benzene rings is 2. The van der Waals surface area contributed by atoms with Gasteiger partial charge in [-0.2, -0.15) is 5.10 Å². The number of hydrazone groups is 1. The Morgan fingerprint density at radius 3 is 2.23 bits per heavy atom. The van der Waals surface area contributed by atoms with Crippen molar-refractivity contribution in [3.8, 4) is 0 Å². The Morgan fingerprint density at radius 1 is 1.05 bits per heavy atom. The zero-order chi connectivity index (χ0) is 15.8. The first-order valence-corrected chi connectivity index (χ1v) is 6.59. The summed E-state index contributed by atoms with van der Waals surface area (Å²) in [6.45, 7) is -0.0946. The van der Waals surface area contributed by atoms with Crippen molar-refractivity contribution in [3.63, 3.8) is 0 Å². The molecule has 6 nitrogen and oxygen atoms in total. The van der Waals surface area contributed by atoms with E-state index < -0.39 is 5.97 Å². The van der Waals surface area contributed by atoms with Crippen LogP contribution in [0, 0.1) is 0 Å². The quantitative estimate of drug-likeness (QED) is 0.632. The maximum absolute atomic E-state index is 12.1. The molecule has 0 aliphatic carbocycles. The summed E-state index contributed by atoms with van der Waals surface area (Å²) < 4.78 is 0. The average Bonchev–Trinajstić information content (AvgIpc) is 2.53. The van der Waals surface area contributed by atoms with Crippen molar-refractivity contribution < 1.29 is 14.7 Å². The SMILES string of the molecule is O=C(O)C=NN(CC(=O)Nc1ccccc1)c1ccccc1.